The molecule has 0 unspecified atom stereocenters. The fraction of sp³-hybridized carbons (Fsp3) is 0.533. The molecule has 6 heteroatoms. The van der Waals surface area contributed by atoms with E-state index in [0.717, 1.165) is 25.9 Å². The number of carbonyl (C=O) groups is 1. The molecule has 0 radical (unpaired) electrons. The van der Waals surface area contributed by atoms with Crippen LogP contribution in [-0.2, 0) is 9.53 Å². The number of aromatic nitrogens is 2. The molecule has 1 fully saturated rings. The minimum atomic E-state index is -0.576. The molecule has 1 aromatic heterocycles. The number of hydrogen-bond donors (Lipinski definition) is 1. The number of hydrogen-bond acceptors (Lipinski definition) is 6. The van der Waals surface area contributed by atoms with Crippen molar-refractivity contribution in [2.24, 2.45) is 5.92 Å². The van der Waals surface area contributed by atoms with Crippen molar-refractivity contribution in [2.75, 3.05) is 26.3 Å². The van der Waals surface area contributed by atoms with Gasteiger partial charge in [-0.2, -0.15) is 0 Å². The standard InChI is InChI=1S/C15H19N3O3/c1-2-20-14(19)4-3-13-15(18-10-9-17-13)21-11-12-5-7-16-8-6-12/h9-10,12,16H,2,5-8,11H2,1H3. The normalized spacial score (nSPS) is 14.9. The second-order valence-electron chi connectivity index (χ2n) is 4.68. The SMILES string of the molecule is CCOC(=O)C#Cc1nccnc1OCC1CCNCC1. The second-order valence-corrected chi connectivity index (χ2v) is 4.68. The molecule has 1 aliphatic heterocycles. The molecule has 1 N–H and O–H groups in total. The van der Waals surface area contributed by atoms with Gasteiger partial charge >= 0.3 is 5.97 Å². The Kier molecular flexibility index (Phi) is 5.98. The molecule has 0 atom stereocenters. The van der Waals surface area contributed by atoms with Gasteiger partial charge in [0, 0.05) is 18.3 Å². The summed E-state index contributed by atoms with van der Waals surface area (Å²) < 4.78 is 10.5. The van der Waals surface area contributed by atoms with E-state index >= 15 is 0 Å². The molecule has 0 spiro atoms. The van der Waals surface area contributed by atoms with Crippen molar-refractivity contribution in [2.45, 2.75) is 19.8 Å². The summed E-state index contributed by atoms with van der Waals surface area (Å²) in [7, 11) is 0. The Bertz CT molecular complexity index is 530. The molecular weight excluding hydrogens is 270 g/mol. The predicted molar refractivity (Wildman–Crippen MR) is 76.6 cm³/mol. The fourth-order valence-electron chi connectivity index (χ4n) is 2.04. The molecule has 0 aromatic carbocycles. The van der Waals surface area contributed by atoms with Crippen LogP contribution in [0.5, 0.6) is 5.88 Å². The van der Waals surface area contributed by atoms with Crippen molar-refractivity contribution in [1.29, 1.82) is 0 Å². The molecule has 2 rings (SSSR count). The Hall–Kier alpha value is -2.13. The monoisotopic (exact) mass is 289 g/mol. The van der Waals surface area contributed by atoms with Crippen molar-refractivity contribution in [3.8, 4) is 17.7 Å². The zero-order valence-electron chi connectivity index (χ0n) is 12.1. The van der Waals surface area contributed by atoms with Crippen LogP contribution in [0.2, 0.25) is 0 Å². The Morgan fingerprint density at radius 3 is 2.90 bits per heavy atom. The number of esters is 1. The lowest BCUT2D eigenvalue weighted by Crippen LogP contribution is -2.30. The van der Waals surface area contributed by atoms with Gasteiger partial charge in [-0.15, -0.1) is 0 Å². The highest BCUT2D eigenvalue weighted by molar-refractivity contribution is 5.89. The predicted octanol–water partition coefficient (Wildman–Crippen LogP) is 0.770. The summed E-state index contributed by atoms with van der Waals surface area (Å²) in [6.07, 6.45) is 5.24. The maximum absolute atomic E-state index is 11.2. The summed E-state index contributed by atoms with van der Waals surface area (Å²) >= 11 is 0. The maximum Gasteiger partial charge on any atom is 0.384 e. The summed E-state index contributed by atoms with van der Waals surface area (Å²) in [5.41, 5.74) is 0.361. The third-order valence-corrected chi connectivity index (χ3v) is 3.14. The summed E-state index contributed by atoms with van der Waals surface area (Å²) in [6.45, 7) is 4.66. The van der Waals surface area contributed by atoms with Crippen LogP contribution in [0, 0.1) is 17.8 Å². The quantitative estimate of drug-likeness (QED) is 0.652. The Labute approximate surface area is 124 Å². The molecule has 2 heterocycles. The third-order valence-electron chi connectivity index (χ3n) is 3.14. The van der Waals surface area contributed by atoms with E-state index in [0.29, 0.717) is 30.7 Å². The van der Waals surface area contributed by atoms with Gasteiger partial charge < -0.3 is 14.8 Å². The number of nitrogens with one attached hydrogen (secondary N) is 1. The number of carbonyl (C=O) groups excluding carboxylic acids is 1. The van der Waals surface area contributed by atoms with Gasteiger partial charge in [0.2, 0.25) is 5.88 Å². The molecule has 21 heavy (non-hydrogen) atoms. The molecule has 0 amide bonds. The molecule has 1 saturated heterocycles. The van der Waals surface area contributed by atoms with Crippen LogP contribution in [0.1, 0.15) is 25.5 Å². The highest BCUT2D eigenvalue weighted by Gasteiger charge is 2.15. The summed E-state index contributed by atoms with van der Waals surface area (Å²) in [5.74, 6) is 5.33. The van der Waals surface area contributed by atoms with Gasteiger partial charge in [0.15, 0.2) is 5.69 Å². The van der Waals surface area contributed by atoms with Crippen LogP contribution in [0.3, 0.4) is 0 Å². The van der Waals surface area contributed by atoms with E-state index in [1.807, 2.05) is 0 Å². The van der Waals surface area contributed by atoms with Gasteiger partial charge in [0.05, 0.1) is 13.2 Å². The topological polar surface area (TPSA) is 73.3 Å². The second kappa shape index (κ2) is 8.22. The van der Waals surface area contributed by atoms with E-state index in [2.05, 4.69) is 27.1 Å². The van der Waals surface area contributed by atoms with E-state index in [1.165, 1.54) is 6.20 Å². The van der Waals surface area contributed by atoms with Crippen LogP contribution >= 0.6 is 0 Å². The first-order chi connectivity index (χ1) is 10.3. The Morgan fingerprint density at radius 1 is 1.38 bits per heavy atom. The molecule has 1 aromatic rings. The van der Waals surface area contributed by atoms with Crippen molar-refractivity contribution < 1.29 is 14.3 Å². The summed E-state index contributed by atoms with van der Waals surface area (Å²) in [4.78, 5) is 19.5. The average Bonchev–Trinajstić information content (AvgIpc) is 2.53. The first-order valence-electron chi connectivity index (χ1n) is 7.13. The number of rotatable bonds is 4. The average molecular weight is 289 g/mol. The van der Waals surface area contributed by atoms with Gasteiger partial charge in [-0.25, -0.2) is 14.8 Å². The van der Waals surface area contributed by atoms with Gasteiger partial charge in [-0.05, 0) is 44.7 Å². The van der Waals surface area contributed by atoms with E-state index in [1.54, 1.807) is 13.1 Å². The highest BCUT2D eigenvalue weighted by atomic mass is 16.5. The van der Waals surface area contributed by atoms with Gasteiger partial charge in [-0.3, -0.25) is 0 Å². The van der Waals surface area contributed by atoms with Crippen molar-refractivity contribution in [3.63, 3.8) is 0 Å². The zero-order valence-corrected chi connectivity index (χ0v) is 12.1. The molecule has 6 nitrogen and oxygen atoms in total. The van der Waals surface area contributed by atoms with Crippen LogP contribution in [-0.4, -0.2) is 42.2 Å². The molecule has 0 bridgehead atoms. The van der Waals surface area contributed by atoms with Gasteiger partial charge in [0.25, 0.3) is 0 Å². The number of piperidine rings is 1. The van der Waals surface area contributed by atoms with Gasteiger partial charge in [0.1, 0.15) is 0 Å². The van der Waals surface area contributed by atoms with E-state index in [9.17, 15) is 4.79 Å². The smallest absolute Gasteiger partial charge is 0.384 e. The van der Waals surface area contributed by atoms with Crippen molar-refractivity contribution in [3.05, 3.63) is 18.1 Å². The lowest BCUT2D eigenvalue weighted by molar-refractivity contribution is -0.136. The lowest BCUT2D eigenvalue weighted by Gasteiger charge is -2.22. The van der Waals surface area contributed by atoms with E-state index in [4.69, 9.17) is 9.47 Å². The largest absolute Gasteiger partial charge is 0.475 e. The number of ether oxygens (including phenoxy) is 2. The zero-order chi connectivity index (χ0) is 14.9. The van der Waals surface area contributed by atoms with E-state index in [-0.39, 0.29) is 0 Å². The summed E-state index contributed by atoms with van der Waals surface area (Å²) in [6, 6.07) is 0. The van der Waals surface area contributed by atoms with Crippen LogP contribution in [0.4, 0.5) is 0 Å². The van der Waals surface area contributed by atoms with E-state index < -0.39 is 5.97 Å². The molecular formula is C15H19N3O3. The summed E-state index contributed by atoms with van der Waals surface area (Å²) in [5, 5.41) is 3.31. The maximum atomic E-state index is 11.2. The lowest BCUT2D eigenvalue weighted by atomic mass is 9.99. The van der Waals surface area contributed by atoms with Gasteiger partial charge in [-0.1, -0.05) is 0 Å². The number of nitrogens with zero attached hydrogens (tertiary/aromatic N) is 2. The molecule has 1 aliphatic rings. The minimum absolute atomic E-state index is 0.299. The van der Waals surface area contributed by atoms with Crippen molar-refractivity contribution >= 4 is 5.97 Å². The first-order valence-corrected chi connectivity index (χ1v) is 7.13. The minimum Gasteiger partial charge on any atom is -0.475 e. The Morgan fingerprint density at radius 2 is 2.14 bits per heavy atom. The Balaban J connectivity index is 1.97. The highest BCUT2D eigenvalue weighted by Crippen LogP contribution is 2.16. The van der Waals surface area contributed by atoms with Crippen LogP contribution in [0.25, 0.3) is 0 Å². The molecule has 0 saturated carbocycles. The first kappa shape index (κ1) is 15.3. The van der Waals surface area contributed by atoms with Crippen LogP contribution in [0.15, 0.2) is 12.4 Å². The molecule has 112 valence electrons. The third kappa shape index (κ3) is 5.04. The fourth-order valence-corrected chi connectivity index (χ4v) is 2.04. The van der Waals surface area contributed by atoms with Crippen LogP contribution < -0.4 is 10.1 Å². The molecule has 0 aliphatic carbocycles. The van der Waals surface area contributed by atoms with Crippen molar-refractivity contribution in [1.82, 2.24) is 15.3 Å².